The Balaban J connectivity index is 2.26. The summed E-state index contributed by atoms with van der Waals surface area (Å²) in [6, 6.07) is 13.1. The molecule has 0 aromatic heterocycles. The molecule has 4 heteroatoms. The molecule has 0 amide bonds. The Hall–Kier alpha value is -1.36. The summed E-state index contributed by atoms with van der Waals surface area (Å²) >= 11 is 3.49. The first-order chi connectivity index (χ1) is 9.11. The van der Waals surface area contributed by atoms with E-state index in [-0.39, 0.29) is 12.6 Å². The molecule has 100 valence electrons. The van der Waals surface area contributed by atoms with Crippen LogP contribution < -0.4 is 10.5 Å². The van der Waals surface area contributed by atoms with Gasteiger partial charge in [0.1, 0.15) is 11.5 Å². The maximum absolute atomic E-state index is 9.26. The number of benzene rings is 2. The highest BCUT2D eigenvalue weighted by atomic mass is 79.9. The molecule has 0 bridgehead atoms. The summed E-state index contributed by atoms with van der Waals surface area (Å²) in [5.41, 5.74) is 7.65. The monoisotopic (exact) mass is 321 g/mol. The molecule has 2 rings (SSSR count). The second-order valence-corrected chi connectivity index (χ2v) is 5.19. The second-order valence-electron chi connectivity index (χ2n) is 4.34. The lowest BCUT2D eigenvalue weighted by molar-refractivity contribution is 0.276. The van der Waals surface area contributed by atoms with Crippen molar-refractivity contribution in [2.45, 2.75) is 19.6 Å². The summed E-state index contributed by atoms with van der Waals surface area (Å²) in [4.78, 5) is 0. The molecule has 0 aliphatic rings. The van der Waals surface area contributed by atoms with Crippen molar-refractivity contribution >= 4 is 15.9 Å². The number of hydrogen-bond donors (Lipinski definition) is 2. The van der Waals surface area contributed by atoms with Gasteiger partial charge in [0.15, 0.2) is 0 Å². The van der Waals surface area contributed by atoms with Crippen molar-refractivity contribution in [2.24, 2.45) is 5.73 Å². The van der Waals surface area contributed by atoms with Crippen molar-refractivity contribution in [1.29, 1.82) is 0 Å². The fourth-order valence-electron chi connectivity index (χ4n) is 1.80. The van der Waals surface area contributed by atoms with Crippen molar-refractivity contribution in [2.75, 3.05) is 0 Å². The van der Waals surface area contributed by atoms with E-state index >= 15 is 0 Å². The smallest absolute Gasteiger partial charge is 0.132 e. The van der Waals surface area contributed by atoms with Crippen LogP contribution in [0, 0.1) is 0 Å². The molecule has 0 aliphatic carbocycles. The standard InChI is InChI=1S/C15H16BrNO2/c1-10(17)13-7-6-12(8-14(13)16)19-15-5-3-2-4-11(15)9-18/h2-8,10,18H,9,17H2,1H3/t10-/m1/s1. The van der Waals surface area contributed by atoms with Gasteiger partial charge in [-0.25, -0.2) is 0 Å². The van der Waals surface area contributed by atoms with Crippen LogP contribution in [0.1, 0.15) is 24.1 Å². The molecular weight excluding hydrogens is 306 g/mol. The van der Waals surface area contributed by atoms with Gasteiger partial charge >= 0.3 is 0 Å². The van der Waals surface area contributed by atoms with Gasteiger partial charge in [0.2, 0.25) is 0 Å². The second kappa shape index (κ2) is 6.19. The Labute approximate surface area is 121 Å². The number of hydrogen-bond acceptors (Lipinski definition) is 3. The van der Waals surface area contributed by atoms with Gasteiger partial charge in [0.05, 0.1) is 6.61 Å². The molecule has 0 unspecified atom stereocenters. The topological polar surface area (TPSA) is 55.5 Å². The predicted molar refractivity (Wildman–Crippen MR) is 79.2 cm³/mol. The maximum atomic E-state index is 9.26. The molecule has 0 spiro atoms. The molecule has 0 fully saturated rings. The van der Waals surface area contributed by atoms with Gasteiger partial charge in [-0.05, 0) is 30.7 Å². The number of rotatable bonds is 4. The zero-order valence-corrected chi connectivity index (χ0v) is 12.2. The van der Waals surface area contributed by atoms with E-state index in [4.69, 9.17) is 10.5 Å². The normalized spacial score (nSPS) is 12.2. The van der Waals surface area contributed by atoms with Gasteiger partial charge in [0, 0.05) is 16.1 Å². The van der Waals surface area contributed by atoms with E-state index in [2.05, 4.69) is 15.9 Å². The summed E-state index contributed by atoms with van der Waals surface area (Å²) in [6.45, 7) is 1.89. The summed E-state index contributed by atoms with van der Waals surface area (Å²) in [5, 5.41) is 9.26. The largest absolute Gasteiger partial charge is 0.457 e. The Kier molecular flexibility index (Phi) is 4.58. The Morgan fingerprint density at radius 1 is 1.26 bits per heavy atom. The SMILES string of the molecule is C[C@@H](N)c1ccc(Oc2ccccc2CO)cc1Br. The molecule has 3 nitrogen and oxygen atoms in total. The molecule has 2 aromatic rings. The number of para-hydroxylation sites is 1. The van der Waals surface area contributed by atoms with Crippen molar-refractivity contribution in [3.05, 3.63) is 58.1 Å². The first-order valence-corrected chi connectivity index (χ1v) is 6.82. The van der Waals surface area contributed by atoms with Crippen LogP contribution in [-0.4, -0.2) is 5.11 Å². The molecule has 3 N–H and O–H groups in total. The van der Waals surface area contributed by atoms with Crippen LogP contribution >= 0.6 is 15.9 Å². The third kappa shape index (κ3) is 3.35. The molecule has 0 radical (unpaired) electrons. The zero-order chi connectivity index (χ0) is 13.8. The van der Waals surface area contributed by atoms with Gasteiger partial charge in [-0.1, -0.05) is 40.2 Å². The minimum absolute atomic E-state index is 0.0341. The summed E-state index contributed by atoms with van der Waals surface area (Å²) in [6.07, 6.45) is 0. The van der Waals surface area contributed by atoms with E-state index in [1.54, 1.807) is 0 Å². The van der Waals surface area contributed by atoms with Gasteiger partial charge in [0.25, 0.3) is 0 Å². The number of aliphatic hydroxyl groups is 1. The highest BCUT2D eigenvalue weighted by molar-refractivity contribution is 9.10. The fraction of sp³-hybridized carbons (Fsp3) is 0.200. The molecule has 19 heavy (non-hydrogen) atoms. The quantitative estimate of drug-likeness (QED) is 0.901. The van der Waals surface area contributed by atoms with Crippen molar-refractivity contribution in [3.8, 4) is 11.5 Å². The van der Waals surface area contributed by atoms with E-state index in [9.17, 15) is 5.11 Å². The molecule has 2 aromatic carbocycles. The number of aliphatic hydroxyl groups excluding tert-OH is 1. The maximum Gasteiger partial charge on any atom is 0.132 e. The lowest BCUT2D eigenvalue weighted by Gasteiger charge is -2.13. The molecular formula is C15H16BrNO2. The highest BCUT2D eigenvalue weighted by Gasteiger charge is 2.08. The minimum Gasteiger partial charge on any atom is -0.457 e. The summed E-state index contributed by atoms with van der Waals surface area (Å²) in [5.74, 6) is 1.36. The average molecular weight is 322 g/mol. The van der Waals surface area contributed by atoms with E-state index in [0.717, 1.165) is 15.6 Å². The van der Waals surface area contributed by atoms with E-state index in [1.807, 2.05) is 49.4 Å². The Morgan fingerprint density at radius 3 is 2.63 bits per heavy atom. The van der Waals surface area contributed by atoms with Crippen LogP contribution in [0.4, 0.5) is 0 Å². The number of halogens is 1. The van der Waals surface area contributed by atoms with Crippen molar-refractivity contribution < 1.29 is 9.84 Å². The highest BCUT2D eigenvalue weighted by Crippen LogP contribution is 2.30. The number of ether oxygens (including phenoxy) is 1. The van der Waals surface area contributed by atoms with Crippen LogP contribution in [-0.2, 0) is 6.61 Å². The van der Waals surface area contributed by atoms with Crippen LogP contribution in [0.25, 0.3) is 0 Å². The van der Waals surface area contributed by atoms with Crippen LogP contribution in [0.5, 0.6) is 11.5 Å². The van der Waals surface area contributed by atoms with Crippen LogP contribution in [0.3, 0.4) is 0 Å². The summed E-state index contributed by atoms with van der Waals surface area (Å²) < 4.78 is 6.70. The number of nitrogens with two attached hydrogens (primary N) is 1. The Bertz CT molecular complexity index is 570. The lowest BCUT2D eigenvalue weighted by atomic mass is 10.1. The van der Waals surface area contributed by atoms with Crippen molar-refractivity contribution in [1.82, 2.24) is 0 Å². The van der Waals surface area contributed by atoms with Gasteiger partial charge in [-0.3, -0.25) is 0 Å². The fourth-order valence-corrected chi connectivity index (χ4v) is 2.52. The molecule has 0 heterocycles. The summed E-state index contributed by atoms with van der Waals surface area (Å²) in [7, 11) is 0. The first kappa shape index (κ1) is 14.1. The third-order valence-electron chi connectivity index (χ3n) is 2.83. The van der Waals surface area contributed by atoms with Gasteiger partial charge < -0.3 is 15.6 Å². The van der Waals surface area contributed by atoms with Gasteiger partial charge in [-0.2, -0.15) is 0 Å². The van der Waals surface area contributed by atoms with E-state index in [0.29, 0.717) is 11.5 Å². The zero-order valence-electron chi connectivity index (χ0n) is 10.6. The van der Waals surface area contributed by atoms with Crippen molar-refractivity contribution in [3.63, 3.8) is 0 Å². The first-order valence-electron chi connectivity index (χ1n) is 6.03. The molecule has 1 atom stereocenters. The van der Waals surface area contributed by atoms with Crippen LogP contribution in [0.15, 0.2) is 46.9 Å². The third-order valence-corrected chi connectivity index (χ3v) is 3.52. The molecule has 0 saturated carbocycles. The van der Waals surface area contributed by atoms with Crippen LogP contribution in [0.2, 0.25) is 0 Å². The van der Waals surface area contributed by atoms with Gasteiger partial charge in [-0.15, -0.1) is 0 Å². The minimum atomic E-state index is -0.0464. The van der Waals surface area contributed by atoms with E-state index in [1.165, 1.54) is 0 Å². The lowest BCUT2D eigenvalue weighted by Crippen LogP contribution is -2.05. The average Bonchev–Trinajstić information content (AvgIpc) is 2.39. The Morgan fingerprint density at radius 2 is 2.00 bits per heavy atom. The molecule has 0 saturated heterocycles. The molecule has 0 aliphatic heterocycles. The van der Waals surface area contributed by atoms with E-state index < -0.39 is 0 Å². The predicted octanol–water partition coefficient (Wildman–Crippen LogP) is 3.75.